The number of hydrogen-bond donors (Lipinski definition) is 1. The van der Waals surface area contributed by atoms with Crippen molar-refractivity contribution >= 4 is 11.7 Å². The molecular weight excluding hydrogens is 256 g/mol. The van der Waals surface area contributed by atoms with Crippen LogP contribution in [0.4, 0.5) is 0 Å². The van der Waals surface area contributed by atoms with E-state index in [1.807, 2.05) is 34.7 Å². The SMILES string of the molecule is CNC(C)(C)C1COCC(C)(C)N1C(=O)C(=O)C(C)C. The Labute approximate surface area is 122 Å². The van der Waals surface area contributed by atoms with E-state index in [0.717, 1.165) is 0 Å². The predicted octanol–water partition coefficient (Wildman–Crippen LogP) is 1.22. The Balaban J connectivity index is 3.17. The Bertz CT molecular complexity index is 389. The topological polar surface area (TPSA) is 58.6 Å². The molecule has 0 radical (unpaired) electrons. The van der Waals surface area contributed by atoms with Crippen LogP contribution in [0.5, 0.6) is 0 Å². The highest BCUT2D eigenvalue weighted by molar-refractivity contribution is 6.36. The molecule has 0 saturated carbocycles. The van der Waals surface area contributed by atoms with E-state index in [-0.39, 0.29) is 23.3 Å². The molecule has 1 amide bonds. The number of carbonyl (C=O) groups excluding carboxylic acids is 2. The summed E-state index contributed by atoms with van der Waals surface area (Å²) in [7, 11) is 1.86. The maximum atomic E-state index is 12.6. The Morgan fingerprint density at radius 2 is 1.90 bits per heavy atom. The van der Waals surface area contributed by atoms with Crippen molar-refractivity contribution in [3.63, 3.8) is 0 Å². The maximum absolute atomic E-state index is 12.6. The standard InChI is InChI=1S/C15H28N2O3/c1-10(2)12(18)13(19)17-11(15(5,6)16-7)8-20-9-14(17,3)4/h10-11,16H,8-9H2,1-7H3. The first-order valence-corrected chi connectivity index (χ1v) is 7.18. The van der Waals surface area contributed by atoms with Gasteiger partial charge in [-0.2, -0.15) is 0 Å². The average Bonchev–Trinajstić information content (AvgIpc) is 2.35. The number of nitrogens with one attached hydrogen (secondary N) is 1. The number of Topliss-reactive ketones (excluding diaryl/α,β-unsaturated/α-hetero) is 1. The predicted molar refractivity (Wildman–Crippen MR) is 78.5 cm³/mol. The molecule has 1 aliphatic rings. The average molecular weight is 284 g/mol. The highest BCUT2D eigenvalue weighted by Gasteiger charge is 2.47. The molecule has 1 saturated heterocycles. The third-order valence-electron chi connectivity index (χ3n) is 4.13. The molecule has 20 heavy (non-hydrogen) atoms. The van der Waals surface area contributed by atoms with E-state index in [1.165, 1.54) is 0 Å². The molecule has 0 bridgehead atoms. The van der Waals surface area contributed by atoms with Gasteiger partial charge in [-0.3, -0.25) is 9.59 Å². The van der Waals surface area contributed by atoms with E-state index in [9.17, 15) is 9.59 Å². The Hall–Kier alpha value is -0.940. The molecule has 116 valence electrons. The maximum Gasteiger partial charge on any atom is 0.291 e. The highest BCUT2D eigenvalue weighted by atomic mass is 16.5. The third kappa shape index (κ3) is 3.20. The summed E-state index contributed by atoms with van der Waals surface area (Å²) < 4.78 is 5.66. The third-order valence-corrected chi connectivity index (χ3v) is 4.13. The van der Waals surface area contributed by atoms with Crippen LogP contribution in [-0.4, -0.2) is 54.0 Å². The van der Waals surface area contributed by atoms with Gasteiger partial charge in [0, 0.05) is 11.5 Å². The summed E-state index contributed by atoms with van der Waals surface area (Å²) in [5, 5.41) is 3.22. The first-order valence-electron chi connectivity index (χ1n) is 7.18. The van der Waals surface area contributed by atoms with E-state index < -0.39 is 11.4 Å². The number of carbonyl (C=O) groups is 2. The van der Waals surface area contributed by atoms with Gasteiger partial charge in [-0.1, -0.05) is 13.8 Å². The molecule has 1 rings (SSSR count). The molecule has 0 aromatic rings. The zero-order valence-electron chi connectivity index (χ0n) is 13.7. The molecule has 1 heterocycles. The normalized spacial score (nSPS) is 23.0. The molecule has 1 atom stereocenters. The molecule has 1 aliphatic heterocycles. The fourth-order valence-electron chi connectivity index (χ4n) is 2.47. The molecule has 1 fully saturated rings. The molecule has 0 aromatic carbocycles. The van der Waals surface area contributed by atoms with Gasteiger partial charge in [0.05, 0.1) is 24.8 Å². The number of ether oxygens (including phenoxy) is 1. The lowest BCUT2D eigenvalue weighted by Crippen LogP contribution is -2.70. The van der Waals surface area contributed by atoms with E-state index in [2.05, 4.69) is 5.32 Å². The monoisotopic (exact) mass is 284 g/mol. The number of amides is 1. The number of likely N-dealkylation sites (N-methyl/N-ethyl adjacent to an activating group) is 1. The summed E-state index contributed by atoms with van der Waals surface area (Å²) in [5.74, 6) is -1.03. The smallest absolute Gasteiger partial charge is 0.291 e. The molecule has 1 N–H and O–H groups in total. The first kappa shape index (κ1) is 17.1. The number of rotatable bonds is 4. The van der Waals surface area contributed by atoms with Crippen LogP contribution in [0.1, 0.15) is 41.5 Å². The zero-order valence-corrected chi connectivity index (χ0v) is 13.7. The van der Waals surface area contributed by atoms with E-state index in [4.69, 9.17) is 4.74 Å². The fraction of sp³-hybridized carbons (Fsp3) is 0.867. The molecule has 5 nitrogen and oxygen atoms in total. The van der Waals surface area contributed by atoms with Crippen molar-refractivity contribution in [3.8, 4) is 0 Å². The first-order chi connectivity index (χ1) is 9.04. The number of hydrogen-bond acceptors (Lipinski definition) is 4. The van der Waals surface area contributed by atoms with Crippen LogP contribution < -0.4 is 5.32 Å². The van der Waals surface area contributed by atoms with Crippen LogP contribution in [-0.2, 0) is 14.3 Å². The zero-order chi connectivity index (χ0) is 15.7. The molecule has 5 heteroatoms. The van der Waals surface area contributed by atoms with Crippen molar-refractivity contribution in [3.05, 3.63) is 0 Å². The lowest BCUT2D eigenvalue weighted by atomic mass is 9.87. The van der Waals surface area contributed by atoms with Crippen LogP contribution in [0.3, 0.4) is 0 Å². The Kier molecular flexibility index (Phi) is 4.98. The van der Waals surface area contributed by atoms with E-state index in [1.54, 1.807) is 18.7 Å². The molecular formula is C15H28N2O3. The quantitative estimate of drug-likeness (QED) is 0.789. The van der Waals surface area contributed by atoms with Crippen LogP contribution >= 0.6 is 0 Å². The molecule has 0 spiro atoms. The van der Waals surface area contributed by atoms with Gasteiger partial charge in [0.25, 0.3) is 5.91 Å². The summed E-state index contributed by atoms with van der Waals surface area (Å²) >= 11 is 0. The minimum Gasteiger partial charge on any atom is -0.377 e. The molecule has 1 unspecified atom stereocenters. The van der Waals surface area contributed by atoms with Gasteiger partial charge in [-0.05, 0) is 34.7 Å². The second-order valence-electron chi connectivity index (χ2n) is 7.01. The second-order valence-corrected chi connectivity index (χ2v) is 7.01. The fourth-order valence-corrected chi connectivity index (χ4v) is 2.47. The van der Waals surface area contributed by atoms with Crippen molar-refractivity contribution < 1.29 is 14.3 Å². The van der Waals surface area contributed by atoms with Crippen molar-refractivity contribution in [2.45, 2.75) is 58.7 Å². The van der Waals surface area contributed by atoms with Crippen LogP contribution in [0.2, 0.25) is 0 Å². The number of nitrogens with zero attached hydrogens (tertiary/aromatic N) is 1. The van der Waals surface area contributed by atoms with E-state index in [0.29, 0.717) is 13.2 Å². The van der Waals surface area contributed by atoms with Gasteiger partial charge in [0.1, 0.15) is 0 Å². The number of morpholine rings is 1. The summed E-state index contributed by atoms with van der Waals surface area (Å²) in [4.78, 5) is 26.5. The lowest BCUT2D eigenvalue weighted by molar-refractivity contribution is -0.167. The van der Waals surface area contributed by atoms with Crippen LogP contribution in [0.15, 0.2) is 0 Å². The van der Waals surface area contributed by atoms with Crippen molar-refractivity contribution in [1.29, 1.82) is 0 Å². The van der Waals surface area contributed by atoms with Crippen LogP contribution in [0, 0.1) is 5.92 Å². The minimum atomic E-state index is -0.487. The van der Waals surface area contributed by atoms with E-state index >= 15 is 0 Å². The summed E-state index contributed by atoms with van der Waals surface area (Å²) in [6.07, 6.45) is 0. The second kappa shape index (κ2) is 5.82. The lowest BCUT2D eigenvalue weighted by Gasteiger charge is -2.52. The Morgan fingerprint density at radius 3 is 2.35 bits per heavy atom. The minimum absolute atomic E-state index is 0.175. The molecule has 0 aromatic heterocycles. The summed E-state index contributed by atoms with van der Waals surface area (Å²) in [6.45, 7) is 12.3. The van der Waals surface area contributed by atoms with Gasteiger partial charge in [0.15, 0.2) is 0 Å². The summed E-state index contributed by atoms with van der Waals surface area (Å²) in [6, 6.07) is -0.175. The molecule has 0 aliphatic carbocycles. The van der Waals surface area contributed by atoms with Gasteiger partial charge < -0.3 is 15.0 Å². The summed E-state index contributed by atoms with van der Waals surface area (Å²) in [5.41, 5.74) is -0.816. The van der Waals surface area contributed by atoms with Gasteiger partial charge in [-0.15, -0.1) is 0 Å². The van der Waals surface area contributed by atoms with Gasteiger partial charge >= 0.3 is 0 Å². The largest absolute Gasteiger partial charge is 0.377 e. The van der Waals surface area contributed by atoms with Crippen molar-refractivity contribution in [2.75, 3.05) is 20.3 Å². The highest BCUT2D eigenvalue weighted by Crippen LogP contribution is 2.30. The number of ketones is 1. The van der Waals surface area contributed by atoms with Gasteiger partial charge in [-0.25, -0.2) is 0 Å². The van der Waals surface area contributed by atoms with Crippen molar-refractivity contribution in [1.82, 2.24) is 10.2 Å². The van der Waals surface area contributed by atoms with Crippen molar-refractivity contribution in [2.24, 2.45) is 5.92 Å². The van der Waals surface area contributed by atoms with Crippen LogP contribution in [0.25, 0.3) is 0 Å². The van der Waals surface area contributed by atoms with Gasteiger partial charge in [0.2, 0.25) is 5.78 Å². The Morgan fingerprint density at radius 1 is 1.35 bits per heavy atom.